The van der Waals surface area contributed by atoms with Gasteiger partial charge in [-0.1, -0.05) is 139 Å². The third-order valence-corrected chi connectivity index (χ3v) is 8.45. The van der Waals surface area contributed by atoms with E-state index in [9.17, 15) is 0 Å². The first-order valence-corrected chi connectivity index (χ1v) is 15.8. The summed E-state index contributed by atoms with van der Waals surface area (Å²) in [4.78, 5) is 0. The predicted molar refractivity (Wildman–Crippen MR) is 153 cm³/mol. The molecule has 5 unspecified atom stereocenters. The van der Waals surface area contributed by atoms with Crippen molar-refractivity contribution < 1.29 is 0 Å². The van der Waals surface area contributed by atoms with Crippen molar-refractivity contribution >= 4 is 0 Å². The molecule has 0 saturated heterocycles. The molecular weight excluding hydrogens is 398 g/mol. The lowest BCUT2D eigenvalue weighted by Crippen LogP contribution is -2.36. The van der Waals surface area contributed by atoms with Crippen molar-refractivity contribution in [2.24, 2.45) is 35.5 Å². The van der Waals surface area contributed by atoms with Crippen molar-refractivity contribution in [1.82, 2.24) is 5.32 Å². The van der Waals surface area contributed by atoms with Crippen molar-refractivity contribution in [3.8, 4) is 0 Å². The zero-order valence-electron chi connectivity index (χ0n) is 24.7. The molecule has 3 aliphatic carbocycles. The van der Waals surface area contributed by atoms with Gasteiger partial charge in [0.15, 0.2) is 0 Å². The normalized spacial score (nSPS) is 28.8. The van der Waals surface area contributed by atoms with Gasteiger partial charge in [0.2, 0.25) is 0 Å². The number of nitrogens with one attached hydrogen (secondary N) is 1. The van der Waals surface area contributed by atoms with Gasteiger partial charge < -0.3 is 5.32 Å². The molecule has 5 atom stereocenters. The third-order valence-electron chi connectivity index (χ3n) is 8.45. The van der Waals surface area contributed by atoms with Crippen LogP contribution in [0.5, 0.6) is 0 Å². The highest BCUT2D eigenvalue weighted by Crippen LogP contribution is 2.43. The second kappa shape index (κ2) is 22.4. The molecule has 33 heavy (non-hydrogen) atoms. The van der Waals surface area contributed by atoms with Crippen LogP contribution in [0.3, 0.4) is 0 Å². The van der Waals surface area contributed by atoms with Crippen LogP contribution in [-0.4, -0.2) is 13.1 Å². The monoisotopic (exact) mass is 466 g/mol. The largest absolute Gasteiger partial charge is 0.317 e. The Balaban J connectivity index is 0.000000492. The van der Waals surface area contributed by atoms with Crippen molar-refractivity contribution in [1.29, 1.82) is 0 Å². The Morgan fingerprint density at radius 2 is 1.21 bits per heavy atom. The van der Waals surface area contributed by atoms with E-state index in [1.54, 1.807) is 0 Å². The Kier molecular flexibility index (Phi) is 22.4. The molecular formula is C32H67N. The molecule has 0 amide bonds. The van der Waals surface area contributed by atoms with E-state index in [1.165, 1.54) is 109 Å². The Bertz CT molecular complexity index is 386. The van der Waals surface area contributed by atoms with Crippen molar-refractivity contribution in [3.05, 3.63) is 0 Å². The molecule has 3 saturated carbocycles. The van der Waals surface area contributed by atoms with Gasteiger partial charge >= 0.3 is 0 Å². The summed E-state index contributed by atoms with van der Waals surface area (Å²) in [6.45, 7) is 20.2. The van der Waals surface area contributed by atoms with Crippen LogP contribution < -0.4 is 5.32 Å². The summed E-state index contributed by atoms with van der Waals surface area (Å²) in [6.07, 6.45) is 23.6. The molecule has 200 valence electrons. The fourth-order valence-corrected chi connectivity index (χ4v) is 6.75. The first kappa shape index (κ1) is 33.0. The van der Waals surface area contributed by atoms with Crippen LogP contribution in [0.2, 0.25) is 0 Å². The SMILES string of the molecule is CC.CCC1CCCCC1CC(C)C.CCCCC.CCNCC1CCCC2CCCCC21. The molecule has 0 radical (unpaired) electrons. The highest BCUT2D eigenvalue weighted by molar-refractivity contribution is 4.86. The second-order valence-electron chi connectivity index (χ2n) is 11.4. The minimum Gasteiger partial charge on any atom is -0.317 e. The van der Waals surface area contributed by atoms with E-state index in [-0.39, 0.29) is 0 Å². The average molecular weight is 466 g/mol. The topological polar surface area (TPSA) is 12.0 Å². The molecule has 0 aromatic rings. The van der Waals surface area contributed by atoms with Crippen molar-refractivity contribution in [2.45, 2.75) is 158 Å². The quantitative estimate of drug-likeness (QED) is 0.376. The van der Waals surface area contributed by atoms with Crippen molar-refractivity contribution in [3.63, 3.8) is 0 Å². The second-order valence-corrected chi connectivity index (χ2v) is 11.4. The van der Waals surface area contributed by atoms with Crippen molar-refractivity contribution in [2.75, 3.05) is 13.1 Å². The maximum absolute atomic E-state index is 3.55. The van der Waals surface area contributed by atoms with E-state index in [4.69, 9.17) is 0 Å². The molecule has 0 bridgehead atoms. The summed E-state index contributed by atoms with van der Waals surface area (Å²) in [6, 6.07) is 0. The van der Waals surface area contributed by atoms with Gasteiger partial charge in [-0.25, -0.2) is 0 Å². The maximum atomic E-state index is 3.55. The third kappa shape index (κ3) is 14.8. The Morgan fingerprint density at radius 1 is 0.667 bits per heavy atom. The van der Waals surface area contributed by atoms with Gasteiger partial charge in [0, 0.05) is 0 Å². The zero-order chi connectivity index (χ0) is 24.9. The van der Waals surface area contributed by atoms with Crippen LogP contribution in [0, 0.1) is 35.5 Å². The highest BCUT2D eigenvalue weighted by atomic mass is 14.8. The maximum Gasteiger partial charge on any atom is -0.00179 e. The predicted octanol–water partition coefficient (Wildman–Crippen LogP) is 10.7. The van der Waals surface area contributed by atoms with Gasteiger partial charge in [0.1, 0.15) is 0 Å². The fraction of sp³-hybridized carbons (Fsp3) is 1.00. The summed E-state index contributed by atoms with van der Waals surface area (Å²) in [5, 5.41) is 3.55. The molecule has 0 aromatic carbocycles. The molecule has 3 rings (SSSR count). The first-order valence-electron chi connectivity index (χ1n) is 15.8. The average Bonchev–Trinajstić information content (AvgIpc) is 2.85. The van der Waals surface area contributed by atoms with Crippen LogP contribution in [0.4, 0.5) is 0 Å². The van der Waals surface area contributed by atoms with Crippen LogP contribution in [-0.2, 0) is 0 Å². The van der Waals surface area contributed by atoms with Crippen LogP contribution in [0.25, 0.3) is 0 Å². The standard InChI is InChI=1S/C13H25N.C12H24.C5H12.C2H6/c1-2-14-10-12-8-5-7-11-6-3-4-9-13(11)12;1-4-11-7-5-6-8-12(11)9-10(2)3;1-3-5-4-2;1-2/h11-14H,2-10H2,1H3;10-12H,4-9H2,1-3H3;3-5H2,1-2H3;1-2H3. The number of rotatable bonds is 8. The number of unbranched alkanes of at least 4 members (excludes halogenated alkanes) is 2. The molecule has 0 spiro atoms. The molecule has 1 N–H and O–H groups in total. The van der Waals surface area contributed by atoms with Crippen LogP contribution in [0.15, 0.2) is 0 Å². The van der Waals surface area contributed by atoms with Gasteiger partial charge in [-0.3, -0.25) is 0 Å². The van der Waals surface area contributed by atoms with E-state index >= 15 is 0 Å². The van der Waals surface area contributed by atoms with Crippen LogP contribution >= 0.6 is 0 Å². The fourth-order valence-electron chi connectivity index (χ4n) is 6.75. The Labute approximate surface area is 212 Å². The summed E-state index contributed by atoms with van der Waals surface area (Å²) in [5.41, 5.74) is 0. The Hall–Kier alpha value is -0.0400. The number of fused-ring (bicyclic) bond motifs is 1. The van der Waals surface area contributed by atoms with E-state index in [0.717, 1.165) is 42.1 Å². The van der Waals surface area contributed by atoms with Gasteiger partial charge in [0.05, 0.1) is 0 Å². The molecule has 0 aromatic heterocycles. The lowest BCUT2D eigenvalue weighted by molar-refractivity contribution is 0.103. The van der Waals surface area contributed by atoms with E-state index < -0.39 is 0 Å². The lowest BCUT2D eigenvalue weighted by atomic mass is 9.65. The van der Waals surface area contributed by atoms with Gasteiger partial charge in [-0.15, -0.1) is 0 Å². The Morgan fingerprint density at radius 3 is 1.76 bits per heavy atom. The van der Waals surface area contributed by atoms with Gasteiger partial charge in [0.25, 0.3) is 0 Å². The minimum absolute atomic E-state index is 0.905. The molecule has 1 heteroatoms. The van der Waals surface area contributed by atoms with Gasteiger partial charge in [-0.2, -0.15) is 0 Å². The molecule has 3 aliphatic rings. The summed E-state index contributed by atoms with van der Waals surface area (Å²) in [7, 11) is 0. The smallest absolute Gasteiger partial charge is 0.00179 e. The summed E-state index contributed by atoms with van der Waals surface area (Å²) in [5.74, 6) is 6.21. The summed E-state index contributed by atoms with van der Waals surface area (Å²) < 4.78 is 0. The van der Waals surface area contributed by atoms with Gasteiger partial charge in [-0.05, 0) is 67.9 Å². The van der Waals surface area contributed by atoms with Crippen LogP contribution in [0.1, 0.15) is 158 Å². The molecule has 0 heterocycles. The lowest BCUT2D eigenvalue weighted by Gasteiger charge is -2.41. The number of hydrogen-bond acceptors (Lipinski definition) is 1. The minimum atomic E-state index is 0.905. The molecule has 1 nitrogen and oxygen atoms in total. The zero-order valence-corrected chi connectivity index (χ0v) is 24.7. The highest BCUT2D eigenvalue weighted by Gasteiger charge is 2.34. The first-order chi connectivity index (χ1) is 16.1. The molecule has 0 aliphatic heterocycles. The van der Waals surface area contributed by atoms with E-state index in [1.807, 2.05) is 13.8 Å². The molecule has 3 fully saturated rings. The van der Waals surface area contributed by atoms with E-state index in [0.29, 0.717) is 0 Å². The van der Waals surface area contributed by atoms with E-state index in [2.05, 4.69) is 46.9 Å². The summed E-state index contributed by atoms with van der Waals surface area (Å²) >= 11 is 0. The number of hydrogen-bond donors (Lipinski definition) is 1.